The van der Waals surface area contributed by atoms with Crippen LogP contribution in [0.3, 0.4) is 0 Å². The van der Waals surface area contributed by atoms with Crippen LogP contribution >= 0.6 is 12.6 Å². The van der Waals surface area contributed by atoms with E-state index in [1.54, 1.807) is 12.1 Å². The minimum absolute atomic E-state index is 0.231. The van der Waals surface area contributed by atoms with E-state index >= 15 is 0 Å². The Bertz CT molecular complexity index is 339. The number of thiol groups is 1. The lowest BCUT2D eigenvalue weighted by atomic mass is 10.0. The van der Waals surface area contributed by atoms with Gasteiger partial charge in [0.05, 0.1) is 0 Å². The molecule has 1 aromatic carbocycles. The molecule has 0 atom stereocenters. The number of phenolic OH excluding ortho intramolecular Hbond substituents is 2. The summed E-state index contributed by atoms with van der Waals surface area (Å²) in [6, 6.07) is 4.73. The highest BCUT2D eigenvalue weighted by molar-refractivity contribution is 7.80. The van der Waals surface area contributed by atoms with Gasteiger partial charge in [0.25, 0.3) is 0 Å². The fourth-order valence-corrected chi connectivity index (χ4v) is 2.31. The third-order valence-electron chi connectivity index (χ3n) is 3.17. The molecule has 0 saturated heterocycles. The molecule has 0 bridgehead atoms. The van der Waals surface area contributed by atoms with Crippen molar-refractivity contribution in [1.82, 2.24) is 0 Å². The van der Waals surface area contributed by atoms with Gasteiger partial charge in [-0.3, -0.25) is 0 Å². The zero-order valence-corrected chi connectivity index (χ0v) is 11.8. The van der Waals surface area contributed by atoms with Crippen molar-refractivity contribution in [2.75, 3.05) is 5.75 Å². The van der Waals surface area contributed by atoms with Crippen LogP contribution in [-0.2, 0) is 6.42 Å². The minimum Gasteiger partial charge on any atom is -0.508 e. The molecule has 18 heavy (non-hydrogen) atoms. The summed E-state index contributed by atoms with van der Waals surface area (Å²) < 4.78 is 0. The summed E-state index contributed by atoms with van der Waals surface area (Å²) in [5, 5.41) is 19.0. The number of hydrogen-bond donors (Lipinski definition) is 3. The Morgan fingerprint density at radius 3 is 2.11 bits per heavy atom. The van der Waals surface area contributed by atoms with Crippen LogP contribution in [0.25, 0.3) is 0 Å². The molecule has 1 rings (SSSR count). The van der Waals surface area contributed by atoms with Crippen molar-refractivity contribution in [2.24, 2.45) is 0 Å². The molecular weight excluding hydrogens is 244 g/mol. The average Bonchev–Trinajstić information content (AvgIpc) is 2.36. The zero-order valence-electron chi connectivity index (χ0n) is 10.9. The molecule has 0 aliphatic rings. The SMILES string of the molecule is Oc1ccc(O)c(CCCCCCCCCS)c1. The first-order valence-corrected chi connectivity index (χ1v) is 7.49. The van der Waals surface area contributed by atoms with Gasteiger partial charge in [-0.2, -0.15) is 12.6 Å². The number of aryl methyl sites for hydroxylation is 1. The van der Waals surface area contributed by atoms with Crippen molar-refractivity contribution in [3.8, 4) is 11.5 Å². The maximum absolute atomic E-state index is 9.62. The van der Waals surface area contributed by atoms with Crippen molar-refractivity contribution >= 4 is 12.6 Å². The third-order valence-corrected chi connectivity index (χ3v) is 3.48. The van der Waals surface area contributed by atoms with Gasteiger partial charge >= 0.3 is 0 Å². The second kappa shape index (κ2) is 9.15. The first-order valence-electron chi connectivity index (χ1n) is 6.86. The van der Waals surface area contributed by atoms with Gasteiger partial charge in [0.15, 0.2) is 0 Å². The second-order valence-electron chi connectivity index (χ2n) is 4.76. The predicted molar refractivity (Wildman–Crippen MR) is 79.6 cm³/mol. The molecule has 0 spiro atoms. The Kier molecular flexibility index (Phi) is 7.74. The number of hydrogen-bond acceptors (Lipinski definition) is 3. The summed E-state index contributed by atoms with van der Waals surface area (Å²) >= 11 is 4.19. The van der Waals surface area contributed by atoms with E-state index in [0.29, 0.717) is 5.75 Å². The third kappa shape index (κ3) is 6.20. The molecule has 102 valence electrons. The highest BCUT2D eigenvalue weighted by Crippen LogP contribution is 2.24. The van der Waals surface area contributed by atoms with Gasteiger partial charge in [-0.25, -0.2) is 0 Å². The van der Waals surface area contributed by atoms with Crippen molar-refractivity contribution < 1.29 is 10.2 Å². The van der Waals surface area contributed by atoms with E-state index < -0.39 is 0 Å². The maximum atomic E-state index is 9.62. The normalized spacial score (nSPS) is 10.7. The quantitative estimate of drug-likeness (QED) is 0.355. The van der Waals surface area contributed by atoms with Crippen molar-refractivity contribution in [3.63, 3.8) is 0 Å². The van der Waals surface area contributed by atoms with E-state index in [-0.39, 0.29) is 5.75 Å². The molecule has 0 aromatic heterocycles. The molecule has 0 saturated carbocycles. The van der Waals surface area contributed by atoms with Crippen LogP contribution < -0.4 is 0 Å². The van der Waals surface area contributed by atoms with Crippen molar-refractivity contribution in [1.29, 1.82) is 0 Å². The van der Waals surface area contributed by atoms with Crippen LogP contribution in [0.5, 0.6) is 11.5 Å². The van der Waals surface area contributed by atoms with Crippen LogP contribution in [0.4, 0.5) is 0 Å². The molecule has 2 nitrogen and oxygen atoms in total. The standard InChI is InChI=1S/C15H24O2S/c16-14-9-10-15(17)13(12-14)8-6-4-2-1-3-5-7-11-18/h9-10,12,16-18H,1-8,11H2. The molecule has 2 N–H and O–H groups in total. The van der Waals surface area contributed by atoms with Crippen LogP contribution in [0.1, 0.15) is 50.5 Å². The Morgan fingerprint density at radius 1 is 0.833 bits per heavy atom. The number of benzene rings is 1. The smallest absolute Gasteiger partial charge is 0.119 e. The maximum Gasteiger partial charge on any atom is 0.119 e. The van der Waals surface area contributed by atoms with Gasteiger partial charge in [0.1, 0.15) is 11.5 Å². The molecule has 0 aliphatic heterocycles. The van der Waals surface area contributed by atoms with E-state index in [9.17, 15) is 10.2 Å². The number of unbranched alkanes of at least 4 members (excludes halogenated alkanes) is 6. The molecule has 3 heteroatoms. The molecule has 0 heterocycles. The van der Waals surface area contributed by atoms with E-state index in [4.69, 9.17) is 0 Å². The number of aromatic hydroxyl groups is 2. The first kappa shape index (κ1) is 15.2. The highest BCUT2D eigenvalue weighted by Gasteiger charge is 2.02. The predicted octanol–water partition coefficient (Wildman–Crippen LogP) is 4.30. The van der Waals surface area contributed by atoms with Gasteiger partial charge in [-0.1, -0.05) is 32.1 Å². The molecule has 0 unspecified atom stereocenters. The highest BCUT2D eigenvalue weighted by atomic mass is 32.1. The Labute approximate surface area is 115 Å². The summed E-state index contributed by atoms with van der Waals surface area (Å²) in [6.07, 6.45) is 9.47. The second-order valence-corrected chi connectivity index (χ2v) is 5.21. The van der Waals surface area contributed by atoms with Crippen molar-refractivity contribution in [2.45, 2.75) is 51.4 Å². The average molecular weight is 268 g/mol. The zero-order chi connectivity index (χ0) is 13.2. The van der Waals surface area contributed by atoms with Gasteiger partial charge in [-0.15, -0.1) is 0 Å². The number of rotatable bonds is 9. The number of phenols is 2. The lowest BCUT2D eigenvalue weighted by molar-refractivity contribution is 0.452. The Balaban J connectivity index is 2.09. The van der Waals surface area contributed by atoms with Gasteiger partial charge in [0, 0.05) is 0 Å². The van der Waals surface area contributed by atoms with Crippen LogP contribution in [0.15, 0.2) is 18.2 Å². The monoisotopic (exact) mass is 268 g/mol. The lowest BCUT2D eigenvalue weighted by Crippen LogP contribution is -1.87. The first-order chi connectivity index (χ1) is 8.74. The summed E-state index contributed by atoms with van der Waals surface area (Å²) in [7, 11) is 0. The van der Waals surface area contributed by atoms with Crippen LogP contribution in [-0.4, -0.2) is 16.0 Å². The van der Waals surface area contributed by atoms with Crippen LogP contribution in [0.2, 0.25) is 0 Å². The van der Waals surface area contributed by atoms with E-state index in [1.165, 1.54) is 44.6 Å². The van der Waals surface area contributed by atoms with Gasteiger partial charge in [0.2, 0.25) is 0 Å². The molecule has 0 aliphatic carbocycles. The lowest BCUT2D eigenvalue weighted by Gasteiger charge is -2.05. The summed E-state index contributed by atoms with van der Waals surface area (Å²) in [5.74, 6) is 1.52. The fourth-order valence-electron chi connectivity index (χ4n) is 2.08. The summed E-state index contributed by atoms with van der Waals surface area (Å²) in [6.45, 7) is 0. The fraction of sp³-hybridized carbons (Fsp3) is 0.600. The topological polar surface area (TPSA) is 40.5 Å². The van der Waals surface area contributed by atoms with E-state index in [0.717, 1.165) is 24.2 Å². The van der Waals surface area contributed by atoms with Gasteiger partial charge < -0.3 is 10.2 Å². The van der Waals surface area contributed by atoms with E-state index in [2.05, 4.69) is 12.6 Å². The molecule has 0 amide bonds. The van der Waals surface area contributed by atoms with Crippen LogP contribution in [0, 0.1) is 0 Å². The van der Waals surface area contributed by atoms with E-state index in [1.807, 2.05) is 0 Å². The molecular formula is C15H24O2S. The summed E-state index contributed by atoms with van der Waals surface area (Å²) in [4.78, 5) is 0. The Hall–Kier alpha value is -0.830. The Morgan fingerprint density at radius 2 is 1.44 bits per heavy atom. The minimum atomic E-state index is 0.231. The van der Waals surface area contributed by atoms with Gasteiger partial charge in [-0.05, 0) is 48.8 Å². The molecule has 0 radical (unpaired) electrons. The largest absolute Gasteiger partial charge is 0.508 e. The molecule has 0 fully saturated rings. The summed E-state index contributed by atoms with van der Waals surface area (Å²) in [5.41, 5.74) is 0.852. The molecule has 1 aromatic rings. The van der Waals surface area contributed by atoms with Crippen molar-refractivity contribution in [3.05, 3.63) is 23.8 Å².